The topological polar surface area (TPSA) is 34.1 Å². The predicted octanol–water partition coefficient (Wildman–Crippen LogP) is 4.09. The van der Waals surface area contributed by atoms with Crippen LogP contribution in [-0.2, 0) is 6.61 Å². The quantitative estimate of drug-likeness (QED) is 0.863. The van der Waals surface area contributed by atoms with Gasteiger partial charge in [0.2, 0.25) is 0 Å². The third-order valence-corrected chi connectivity index (χ3v) is 3.47. The first kappa shape index (κ1) is 15.0. The van der Waals surface area contributed by atoms with Gasteiger partial charge in [0, 0.05) is 28.5 Å². The van der Waals surface area contributed by atoms with Gasteiger partial charge in [0.25, 0.3) is 0 Å². The molecule has 1 N–H and O–H groups in total. The molecule has 0 spiro atoms. The highest BCUT2D eigenvalue weighted by Gasteiger charge is 2.05. The number of benzene rings is 1. The molecule has 0 radical (unpaired) electrons. The van der Waals surface area contributed by atoms with E-state index in [-0.39, 0.29) is 0 Å². The van der Waals surface area contributed by atoms with E-state index in [2.05, 4.69) is 52.2 Å². The maximum Gasteiger partial charge on any atom is 0.120 e. The maximum atomic E-state index is 5.83. The standard InChI is InChI=1S/C16H19BrN2O/c1-3-19-12(2)14-5-4-6-16(8-14)20-11-13-7-15(17)10-18-9-13/h4-10,12,19H,3,11H2,1-2H3. The molecule has 0 bridgehead atoms. The van der Waals surface area contributed by atoms with Crippen LogP contribution in [0.15, 0.2) is 47.2 Å². The Bertz CT molecular complexity index is 560. The lowest BCUT2D eigenvalue weighted by Crippen LogP contribution is -2.17. The van der Waals surface area contributed by atoms with Crippen LogP contribution < -0.4 is 10.1 Å². The second-order valence-electron chi connectivity index (χ2n) is 4.65. The number of nitrogens with one attached hydrogen (secondary N) is 1. The first-order valence-electron chi connectivity index (χ1n) is 6.74. The van der Waals surface area contributed by atoms with Gasteiger partial charge in [0.15, 0.2) is 0 Å². The molecule has 4 heteroatoms. The molecule has 20 heavy (non-hydrogen) atoms. The van der Waals surface area contributed by atoms with Crippen LogP contribution in [0, 0.1) is 0 Å². The smallest absolute Gasteiger partial charge is 0.120 e. The van der Waals surface area contributed by atoms with E-state index in [1.807, 2.05) is 24.4 Å². The maximum absolute atomic E-state index is 5.83. The van der Waals surface area contributed by atoms with Crippen LogP contribution >= 0.6 is 15.9 Å². The Labute approximate surface area is 128 Å². The van der Waals surface area contributed by atoms with Crippen molar-refractivity contribution < 1.29 is 4.74 Å². The zero-order valence-corrected chi connectivity index (χ0v) is 13.4. The number of aromatic nitrogens is 1. The number of hydrogen-bond acceptors (Lipinski definition) is 3. The third kappa shape index (κ3) is 4.32. The first-order valence-corrected chi connectivity index (χ1v) is 7.54. The van der Waals surface area contributed by atoms with Crippen molar-refractivity contribution in [3.8, 4) is 5.75 Å². The van der Waals surface area contributed by atoms with Crippen molar-refractivity contribution in [3.63, 3.8) is 0 Å². The molecule has 1 unspecified atom stereocenters. The Balaban J connectivity index is 2.01. The van der Waals surface area contributed by atoms with Crippen LogP contribution in [0.2, 0.25) is 0 Å². The van der Waals surface area contributed by atoms with Crippen molar-refractivity contribution in [1.29, 1.82) is 0 Å². The highest BCUT2D eigenvalue weighted by atomic mass is 79.9. The zero-order valence-electron chi connectivity index (χ0n) is 11.8. The minimum atomic E-state index is 0.330. The largest absolute Gasteiger partial charge is 0.489 e. The van der Waals surface area contributed by atoms with Crippen LogP contribution in [0.25, 0.3) is 0 Å². The molecule has 0 aliphatic rings. The normalized spacial score (nSPS) is 12.2. The molecule has 0 aliphatic heterocycles. The lowest BCUT2D eigenvalue weighted by atomic mass is 10.1. The highest BCUT2D eigenvalue weighted by molar-refractivity contribution is 9.10. The van der Waals surface area contributed by atoms with Crippen LogP contribution in [0.5, 0.6) is 5.75 Å². The Morgan fingerprint density at radius 2 is 2.15 bits per heavy atom. The van der Waals surface area contributed by atoms with Gasteiger partial charge in [-0.3, -0.25) is 4.98 Å². The van der Waals surface area contributed by atoms with Gasteiger partial charge >= 0.3 is 0 Å². The van der Waals surface area contributed by atoms with Gasteiger partial charge in [0.05, 0.1) is 0 Å². The molecule has 1 heterocycles. The van der Waals surface area contributed by atoms with Crippen molar-refractivity contribution in [2.45, 2.75) is 26.5 Å². The molecule has 0 saturated heterocycles. The van der Waals surface area contributed by atoms with E-state index in [0.717, 1.165) is 22.3 Å². The van der Waals surface area contributed by atoms with Gasteiger partial charge in [-0.1, -0.05) is 19.1 Å². The third-order valence-electron chi connectivity index (χ3n) is 3.04. The fraction of sp³-hybridized carbons (Fsp3) is 0.312. The van der Waals surface area contributed by atoms with Gasteiger partial charge in [-0.05, 0) is 53.2 Å². The van der Waals surface area contributed by atoms with Crippen molar-refractivity contribution in [2.24, 2.45) is 0 Å². The molecule has 1 aromatic carbocycles. The number of halogens is 1. The summed E-state index contributed by atoms with van der Waals surface area (Å²) in [5, 5.41) is 3.40. The van der Waals surface area contributed by atoms with Crippen LogP contribution in [0.4, 0.5) is 0 Å². The SMILES string of the molecule is CCNC(C)c1cccc(OCc2cncc(Br)c2)c1. The lowest BCUT2D eigenvalue weighted by molar-refractivity contribution is 0.305. The molecule has 3 nitrogen and oxygen atoms in total. The van der Waals surface area contributed by atoms with Crippen LogP contribution in [0.3, 0.4) is 0 Å². The summed E-state index contributed by atoms with van der Waals surface area (Å²) in [6, 6.07) is 10.5. The predicted molar refractivity (Wildman–Crippen MR) is 84.8 cm³/mol. The number of pyridine rings is 1. The molecule has 1 atom stereocenters. The van der Waals surface area contributed by atoms with Gasteiger partial charge in [0.1, 0.15) is 12.4 Å². The Hall–Kier alpha value is -1.39. The summed E-state index contributed by atoms with van der Waals surface area (Å²) in [5.41, 5.74) is 2.28. The summed E-state index contributed by atoms with van der Waals surface area (Å²) < 4.78 is 6.79. The summed E-state index contributed by atoms with van der Waals surface area (Å²) in [7, 11) is 0. The van der Waals surface area contributed by atoms with Crippen molar-refractivity contribution >= 4 is 15.9 Å². The molecule has 2 rings (SSSR count). The molecule has 0 aliphatic carbocycles. The van der Waals surface area contributed by atoms with E-state index < -0.39 is 0 Å². The summed E-state index contributed by atoms with van der Waals surface area (Å²) in [6.07, 6.45) is 3.58. The number of nitrogens with zero attached hydrogens (tertiary/aromatic N) is 1. The molecule has 2 aromatic rings. The summed E-state index contributed by atoms with van der Waals surface area (Å²) in [5.74, 6) is 0.882. The zero-order chi connectivity index (χ0) is 14.4. The Kier molecular flexibility index (Phi) is 5.56. The molecule has 0 saturated carbocycles. The molecule has 1 aromatic heterocycles. The molecular weight excluding hydrogens is 316 g/mol. The first-order chi connectivity index (χ1) is 9.69. The molecule has 106 valence electrons. The lowest BCUT2D eigenvalue weighted by Gasteiger charge is -2.14. The van der Waals surface area contributed by atoms with Crippen LogP contribution in [0.1, 0.15) is 31.0 Å². The number of hydrogen-bond donors (Lipinski definition) is 1. The fourth-order valence-corrected chi connectivity index (χ4v) is 2.41. The minimum absolute atomic E-state index is 0.330. The van der Waals surface area contributed by atoms with E-state index in [1.54, 1.807) is 6.20 Å². The van der Waals surface area contributed by atoms with Gasteiger partial charge < -0.3 is 10.1 Å². The van der Waals surface area contributed by atoms with Crippen molar-refractivity contribution in [3.05, 3.63) is 58.3 Å². The van der Waals surface area contributed by atoms with Gasteiger partial charge in [-0.15, -0.1) is 0 Å². The second-order valence-corrected chi connectivity index (χ2v) is 5.57. The Morgan fingerprint density at radius 1 is 1.30 bits per heavy atom. The minimum Gasteiger partial charge on any atom is -0.489 e. The molecule has 0 fully saturated rings. The average molecular weight is 335 g/mol. The van der Waals surface area contributed by atoms with Crippen molar-refractivity contribution in [1.82, 2.24) is 10.3 Å². The Morgan fingerprint density at radius 3 is 2.90 bits per heavy atom. The number of ether oxygens (including phenoxy) is 1. The summed E-state index contributed by atoms with van der Waals surface area (Å²) in [4.78, 5) is 4.13. The van der Waals surface area contributed by atoms with Gasteiger partial charge in [-0.2, -0.15) is 0 Å². The average Bonchev–Trinajstić information content (AvgIpc) is 2.46. The van der Waals surface area contributed by atoms with Crippen molar-refractivity contribution in [2.75, 3.05) is 6.54 Å². The number of rotatable bonds is 6. The summed E-state index contributed by atoms with van der Waals surface area (Å²) >= 11 is 3.41. The van der Waals surface area contributed by atoms with Crippen LogP contribution in [-0.4, -0.2) is 11.5 Å². The van der Waals surface area contributed by atoms with E-state index in [1.165, 1.54) is 5.56 Å². The van der Waals surface area contributed by atoms with E-state index >= 15 is 0 Å². The molecular formula is C16H19BrN2O. The monoisotopic (exact) mass is 334 g/mol. The fourth-order valence-electron chi connectivity index (χ4n) is 2.00. The highest BCUT2D eigenvalue weighted by Crippen LogP contribution is 2.20. The summed E-state index contributed by atoms with van der Waals surface area (Å²) in [6.45, 7) is 5.74. The second kappa shape index (κ2) is 7.41. The van der Waals surface area contributed by atoms with E-state index in [9.17, 15) is 0 Å². The van der Waals surface area contributed by atoms with E-state index in [0.29, 0.717) is 12.6 Å². The molecule has 0 amide bonds. The van der Waals surface area contributed by atoms with E-state index in [4.69, 9.17) is 4.74 Å². The van der Waals surface area contributed by atoms with Gasteiger partial charge in [-0.25, -0.2) is 0 Å².